The molecule has 1 aromatic rings. The fourth-order valence-electron chi connectivity index (χ4n) is 3.67. The van der Waals surface area contributed by atoms with Gasteiger partial charge in [-0.25, -0.2) is 0 Å². The van der Waals surface area contributed by atoms with E-state index in [1.807, 2.05) is 12.1 Å². The van der Waals surface area contributed by atoms with Crippen LogP contribution in [0.25, 0.3) is 0 Å². The lowest BCUT2D eigenvalue weighted by Gasteiger charge is -2.29. The first-order valence-corrected chi connectivity index (χ1v) is 9.33. The zero-order chi connectivity index (χ0) is 18.1. The van der Waals surface area contributed by atoms with Gasteiger partial charge in [0, 0.05) is 0 Å². The Kier molecular flexibility index (Phi) is 8.04. The van der Waals surface area contributed by atoms with E-state index >= 15 is 0 Å². The second-order valence-electron chi connectivity index (χ2n) is 7.08. The van der Waals surface area contributed by atoms with Crippen LogP contribution in [-0.4, -0.2) is 19.5 Å². The third-order valence-electron chi connectivity index (χ3n) is 5.10. The van der Waals surface area contributed by atoms with Gasteiger partial charge in [-0.15, -0.1) is 0 Å². The summed E-state index contributed by atoms with van der Waals surface area (Å²) >= 11 is 0. The molecule has 0 unspecified atom stereocenters. The van der Waals surface area contributed by atoms with E-state index in [9.17, 15) is 17.6 Å². The molecule has 0 atom stereocenters. The second kappa shape index (κ2) is 10.0. The molecule has 0 aliphatic heterocycles. The molecule has 0 saturated heterocycles. The van der Waals surface area contributed by atoms with Crippen molar-refractivity contribution in [3.8, 4) is 5.75 Å². The summed E-state index contributed by atoms with van der Waals surface area (Å²) in [7, 11) is 0. The van der Waals surface area contributed by atoms with Gasteiger partial charge in [-0.1, -0.05) is 37.8 Å². The SMILES string of the molecule is FCCCCCCC1CCC(c2ccc(OCC(F)(F)F)cc2)CC1. The van der Waals surface area contributed by atoms with Gasteiger partial charge in [0.15, 0.2) is 6.61 Å². The van der Waals surface area contributed by atoms with Crippen LogP contribution in [0.5, 0.6) is 5.75 Å². The lowest BCUT2D eigenvalue weighted by atomic mass is 9.77. The van der Waals surface area contributed by atoms with Crippen LogP contribution in [0.1, 0.15) is 69.3 Å². The number of alkyl halides is 4. The molecule has 1 saturated carbocycles. The van der Waals surface area contributed by atoms with Crippen LogP contribution < -0.4 is 4.74 Å². The summed E-state index contributed by atoms with van der Waals surface area (Å²) in [6, 6.07) is 7.07. The van der Waals surface area contributed by atoms with E-state index in [0.717, 1.165) is 31.6 Å². The van der Waals surface area contributed by atoms with E-state index in [-0.39, 0.29) is 12.4 Å². The first-order valence-electron chi connectivity index (χ1n) is 9.33. The number of ether oxygens (including phenoxy) is 1. The Balaban J connectivity index is 1.69. The van der Waals surface area contributed by atoms with E-state index in [2.05, 4.69) is 0 Å². The molecular formula is C20H28F4O. The summed E-state index contributed by atoms with van der Waals surface area (Å²) in [5, 5.41) is 0. The fraction of sp³-hybridized carbons (Fsp3) is 0.700. The zero-order valence-electron chi connectivity index (χ0n) is 14.7. The Morgan fingerprint density at radius 2 is 1.52 bits per heavy atom. The molecule has 0 N–H and O–H groups in total. The smallest absolute Gasteiger partial charge is 0.422 e. The van der Waals surface area contributed by atoms with Crippen molar-refractivity contribution >= 4 is 0 Å². The van der Waals surface area contributed by atoms with Crippen LogP contribution in [-0.2, 0) is 0 Å². The lowest BCUT2D eigenvalue weighted by molar-refractivity contribution is -0.153. The Morgan fingerprint density at radius 3 is 2.12 bits per heavy atom. The number of hydrogen-bond acceptors (Lipinski definition) is 1. The third-order valence-corrected chi connectivity index (χ3v) is 5.10. The highest BCUT2D eigenvalue weighted by Gasteiger charge is 2.28. The van der Waals surface area contributed by atoms with E-state index < -0.39 is 12.8 Å². The van der Waals surface area contributed by atoms with Crippen LogP contribution >= 0.6 is 0 Å². The molecule has 25 heavy (non-hydrogen) atoms. The largest absolute Gasteiger partial charge is 0.484 e. The van der Waals surface area contributed by atoms with Crippen molar-refractivity contribution in [3.05, 3.63) is 29.8 Å². The molecule has 0 spiro atoms. The van der Waals surface area contributed by atoms with Crippen LogP contribution in [0.15, 0.2) is 24.3 Å². The maximum Gasteiger partial charge on any atom is 0.422 e. The lowest BCUT2D eigenvalue weighted by Crippen LogP contribution is -2.19. The van der Waals surface area contributed by atoms with Crippen molar-refractivity contribution in [1.29, 1.82) is 0 Å². The number of rotatable bonds is 9. The van der Waals surface area contributed by atoms with Crippen LogP contribution in [0.4, 0.5) is 17.6 Å². The zero-order valence-corrected chi connectivity index (χ0v) is 14.7. The second-order valence-corrected chi connectivity index (χ2v) is 7.08. The van der Waals surface area contributed by atoms with Crippen LogP contribution in [0.2, 0.25) is 0 Å². The summed E-state index contributed by atoms with van der Waals surface area (Å²) in [6.07, 6.45) is 5.63. The first kappa shape index (κ1) is 20.1. The fourth-order valence-corrected chi connectivity index (χ4v) is 3.67. The van der Waals surface area contributed by atoms with Crippen molar-refractivity contribution in [1.82, 2.24) is 0 Å². The van der Waals surface area contributed by atoms with Crippen LogP contribution in [0.3, 0.4) is 0 Å². The van der Waals surface area contributed by atoms with Gasteiger partial charge in [0.1, 0.15) is 5.75 Å². The summed E-state index contributed by atoms with van der Waals surface area (Å²) in [5.74, 6) is 1.54. The highest BCUT2D eigenvalue weighted by atomic mass is 19.4. The van der Waals surface area contributed by atoms with Gasteiger partial charge in [-0.3, -0.25) is 4.39 Å². The molecule has 1 aliphatic rings. The molecule has 142 valence electrons. The van der Waals surface area contributed by atoms with Gasteiger partial charge in [0.25, 0.3) is 0 Å². The molecule has 0 aromatic heterocycles. The standard InChI is InChI=1S/C20H28F4O/c21-14-4-2-1-3-5-16-6-8-17(9-7-16)18-10-12-19(13-11-18)25-15-20(22,23)24/h10-13,16-17H,1-9,14-15H2. The Labute approximate surface area is 147 Å². The monoisotopic (exact) mass is 360 g/mol. The minimum atomic E-state index is -4.30. The van der Waals surface area contributed by atoms with E-state index in [0.29, 0.717) is 12.3 Å². The molecule has 2 rings (SSSR count). The molecule has 0 radical (unpaired) electrons. The Morgan fingerprint density at radius 1 is 0.880 bits per heavy atom. The first-order chi connectivity index (χ1) is 12.0. The minimum Gasteiger partial charge on any atom is -0.484 e. The van der Waals surface area contributed by atoms with Gasteiger partial charge in [-0.05, 0) is 61.6 Å². The predicted octanol–water partition coefficient (Wildman–Crippen LogP) is 6.82. The number of benzene rings is 1. The van der Waals surface area contributed by atoms with Crippen molar-refractivity contribution in [3.63, 3.8) is 0 Å². The maximum absolute atomic E-state index is 12.2. The van der Waals surface area contributed by atoms with E-state index in [1.54, 1.807) is 12.1 Å². The molecule has 0 amide bonds. The average Bonchev–Trinajstić information content (AvgIpc) is 2.60. The summed E-state index contributed by atoms with van der Waals surface area (Å²) in [5.41, 5.74) is 1.20. The average molecular weight is 360 g/mol. The van der Waals surface area contributed by atoms with Crippen LogP contribution in [0, 0.1) is 5.92 Å². The summed E-state index contributed by atoms with van der Waals surface area (Å²) in [4.78, 5) is 0. The Hall–Kier alpha value is -1.26. The van der Waals surface area contributed by atoms with Crippen molar-refractivity contribution in [2.45, 2.75) is 69.9 Å². The summed E-state index contributed by atoms with van der Waals surface area (Å²) < 4.78 is 53.3. The van der Waals surface area contributed by atoms with Gasteiger partial charge in [0.05, 0.1) is 6.67 Å². The van der Waals surface area contributed by atoms with Crippen molar-refractivity contribution in [2.75, 3.05) is 13.3 Å². The minimum absolute atomic E-state index is 0.203. The number of unbranched alkanes of at least 4 members (excludes halogenated alkanes) is 3. The van der Waals surface area contributed by atoms with Gasteiger partial charge >= 0.3 is 6.18 Å². The molecule has 0 bridgehead atoms. The molecule has 1 fully saturated rings. The molecule has 0 heterocycles. The van der Waals surface area contributed by atoms with Gasteiger partial charge in [-0.2, -0.15) is 13.2 Å². The van der Waals surface area contributed by atoms with Crippen molar-refractivity contribution < 1.29 is 22.3 Å². The highest BCUT2D eigenvalue weighted by molar-refractivity contribution is 5.29. The molecular weight excluding hydrogens is 332 g/mol. The molecule has 5 heteroatoms. The van der Waals surface area contributed by atoms with E-state index in [4.69, 9.17) is 4.74 Å². The van der Waals surface area contributed by atoms with Crippen molar-refractivity contribution in [2.24, 2.45) is 5.92 Å². The predicted molar refractivity (Wildman–Crippen MR) is 91.8 cm³/mol. The summed E-state index contributed by atoms with van der Waals surface area (Å²) in [6.45, 7) is -1.45. The Bertz CT molecular complexity index is 475. The molecule has 1 aliphatic carbocycles. The topological polar surface area (TPSA) is 9.23 Å². The number of halogens is 4. The molecule has 1 aromatic carbocycles. The maximum atomic E-state index is 12.2. The third kappa shape index (κ3) is 7.66. The van der Waals surface area contributed by atoms with Gasteiger partial charge in [0.2, 0.25) is 0 Å². The quantitative estimate of drug-likeness (QED) is 0.347. The van der Waals surface area contributed by atoms with E-state index in [1.165, 1.54) is 31.2 Å². The van der Waals surface area contributed by atoms with Gasteiger partial charge < -0.3 is 4.74 Å². The highest BCUT2D eigenvalue weighted by Crippen LogP contribution is 2.38. The normalized spacial score (nSPS) is 21.3. The number of hydrogen-bond donors (Lipinski definition) is 0. The molecule has 1 nitrogen and oxygen atoms in total.